The topological polar surface area (TPSA) is 71.8 Å². The number of nitrogens with zero attached hydrogens (tertiary/aromatic N) is 6. The number of hydrogen-bond donors (Lipinski definition) is 0. The molecule has 0 aliphatic carbocycles. The minimum atomic E-state index is -2.88. The summed E-state index contributed by atoms with van der Waals surface area (Å²) in [5, 5.41) is 17.0. The molecule has 0 saturated heterocycles. The summed E-state index contributed by atoms with van der Waals surface area (Å²) in [6, 6.07) is 100. The van der Waals surface area contributed by atoms with E-state index in [1.165, 1.54) is 20.7 Å². The van der Waals surface area contributed by atoms with Crippen LogP contribution in [0.15, 0.2) is 279 Å². The van der Waals surface area contributed by atoms with Gasteiger partial charge in [-0.3, -0.25) is 0 Å². The van der Waals surface area contributed by atoms with Gasteiger partial charge in [0.05, 0.1) is 34.9 Å². The fraction of sp³-hybridized carbons (Fsp3) is 0. The zero-order chi connectivity index (χ0) is 52.4. The molecule has 0 unspecified atom stereocenters. The number of fused-ring (bicyclic) bond motifs is 3. The van der Waals surface area contributed by atoms with E-state index in [-0.39, 0.29) is 0 Å². The molecule has 11 aromatic carbocycles. The molecule has 78 heavy (non-hydrogen) atoms. The lowest BCUT2D eigenvalue weighted by molar-refractivity contribution is 1.06. The van der Waals surface area contributed by atoms with Crippen LogP contribution in [0.5, 0.6) is 0 Å². The molecule has 13 rings (SSSR count). The second-order valence-electron chi connectivity index (χ2n) is 19.3. The van der Waals surface area contributed by atoms with Gasteiger partial charge in [0.1, 0.15) is 0 Å². The number of benzene rings is 11. The van der Waals surface area contributed by atoms with Crippen molar-refractivity contribution in [2.75, 3.05) is 0 Å². The molecule has 364 valence electrons. The molecule has 0 bridgehead atoms. The first-order chi connectivity index (χ1) is 38.5. The lowest BCUT2D eigenvalue weighted by Crippen LogP contribution is -2.74. The van der Waals surface area contributed by atoms with E-state index in [2.05, 4.69) is 185 Å². The molecule has 0 fully saturated rings. The Hall–Kier alpha value is -10.6. The van der Waals surface area contributed by atoms with E-state index in [1.807, 2.05) is 109 Å². The van der Waals surface area contributed by atoms with Crippen LogP contribution in [0.4, 0.5) is 5.69 Å². The first-order valence-corrected chi connectivity index (χ1v) is 27.9. The van der Waals surface area contributed by atoms with Crippen LogP contribution in [0.1, 0.15) is 5.56 Å². The van der Waals surface area contributed by atoms with Gasteiger partial charge in [-0.2, -0.15) is 5.26 Å². The maximum Gasteiger partial charge on any atom is 0.187 e. The predicted octanol–water partition coefficient (Wildman–Crippen LogP) is 14.8. The predicted molar refractivity (Wildman–Crippen MR) is 321 cm³/mol. The average molecular weight is 1010 g/mol. The molecule has 0 radical (unpaired) electrons. The number of rotatable bonds is 11. The number of aromatic nitrogens is 4. The van der Waals surface area contributed by atoms with Crippen LogP contribution >= 0.6 is 0 Å². The van der Waals surface area contributed by atoms with Gasteiger partial charge in [0.15, 0.2) is 31.2 Å². The van der Waals surface area contributed by atoms with Gasteiger partial charge < -0.3 is 4.57 Å². The molecular weight excluding hydrogens is 965 g/mol. The second kappa shape index (κ2) is 20.3. The van der Waals surface area contributed by atoms with Crippen molar-refractivity contribution in [3.8, 4) is 79.3 Å². The van der Waals surface area contributed by atoms with Crippen LogP contribution in [0, 0.1) is 17.9 Å². The van der Waals surface area contributed by atoms with Crippen LogP contribution in [0.25, 0.3) is 99.9 Å². The van der Waals surface area contributed by atoms with E-state index in [1.54, 1.807) is 0 Å². The van der Waals surface area contributed by atoms with Gasteiger partial charge in [-0.15, -0.1) is 0 Å². The van der Waals surface area contributed by atoms with Gasteiger partial charge in [-0.05, 0) is 103 Å². The number of nitriles is 1. The molecule has 0 aliphatic rings. The Kier molecular flexibility index (Phi) is 12.3. The van der Waals surface area contributed by atoms with E-state index < -0.39 is 8.07 Å². The summed E-state index contributed by atoms with van der Waals surface area (Å²) in [7, 11) is -2.88. The van der Waals surface area contributed by atoms with E-state index in [0.29, 0.717) is 28.7 Å². The third kappa shape index (κ3) is 8.53. The molecule has 0 amide bonds. The largest absolute Gasteiger partial charge is 0.308 e. The third-order valence-corrected chi connectivity index (χ3v) is 19.6. The molecule has 2 heterocycles. The molecule has 2 aromatic heterocycles. The Labute approximate surface area is 454 Å². The van der Waals surface area contributed by atoms with Crippen LogP contribution in [-0.4, -0.2) is 27.6 Å². The summed E-state index contributed by atoms with van der Waals surface area (Å²) >= 11 is 0. The Morgan fingerprint density at radius 2 is 0.756 bits per heavy atom. The second-order valence-corrected chi connectivity index (χ2v) is 23.2. The van der Waals surface area contributed by atoms with Gasteiger partial charge in [0.2, 0.25) is 0 Å². The molecule has 0 saturated carbocycles. The standard InChI is InChI=1S/C71H46N6Si/c1-73-58-39-34-51(35-40-58)56-38-43-67-65(46-56)64-45-55(50-32-30-49(48-72)31-33-50)37-42-66(64)77(67)68-47-57(36-41-63(68)71-75-69(52-18-7-2-8-19-52)74-70(76-71)53-20-9-3-10-21-53)54-22-17-29-62(44-54)78(59-23-11-4-12-24-59,60-25-13-5-14-26-60)61-27-15-6-16-28-61/h2-47H. The maximum atomic E-state index is 9.68. The van der Waals surface area contributed by atoms with Crippen LogP contribution < -0.4 is 20.7 Å². The Morgan fingerprint density at radius 1 is 0.359 bits per heavy atom. The molecule has 0 aliphatic heterocycles. The molecule has 0 N–H and O–H groups in total. The van der Waals surface area contributed by atoms with Crippen molar-refractivity contribution in [3.05, 3.63) is 296 Å². The Morgan fingerprint density at radius 3 is 1.24 bits per heavy atom. The zero-order valence-electron chi connectivity index (χ0n) is 42.2. The first-order valence-electron chi connectivity index (χ1n) is 25.9. The van der Waals surface area contributed by atoms with E-state index in [9.17, 15) is 5.26 Å². The summed E-state index contributed by atoms with van der Waals surface area (Å²) < 4.78 is 2.37. The molecule has 13 aromatic rings. The minimum Gasteiger partial charge on any atom is -0.308 e. The van der Waals surface area contributed by atoms with Gasteiger partial charge in [0, 0.05) is 27.5 Å². The Balaban J connectivity index is 1.09. The smallest absolute Gasteiger partial charge is 0.187 e. The highest BCUT2D eigenvalue weighted by molar-refractivity contribution is 7.19. The summed E-state index contributed by atoms with van der Waals surface area (Å²) in [4.78, 5) is 19.5. The highest BCUT2D eigenvalue weighted by atomic mass is 28.3. The Bertz CT molecular complexity index is 4150. The quantitative estimate of drug-likeness (QED) is 0.0735. The summed E-state index contributed by atoms with van der Waals surface area (Å²) in [6.45, 7) is 7.62. The van der Waals surface area contributed by atoms with E-state index in [4.69, 9.17) is 21.5 Å². The first kappa shape index (κ1) is 47.2. The third-order valence-electron chi connectivity index (χ3n) is 14.9. The van der Waals surface area contributed by atoms with Crippen molar-refractivity contribution < 1.29 is 0 Å². The fourth-order valence-electron chi connectivity index (χ4n) is 11.1. The SMILES string of the molecule is [C-]#[N+]c1ccc(-c2ccc3c(c2)c2cc(-c4ccc(C#N)cc4)ccc2n3-c2cc(-c3cccc([Si](c4ccccc4)(c4ccccc4)c4ccccc4)c3)ccc2-c2nc(-c3ccccc3)nc(-c3ccccc3)n2)cc1. The lowest BCUT2D eigenvalue weighted by Gasteiger charge is -2.34. The number of hydrogen-bond acceptors (Lipinski definition) is 4. The monoisotopic (exact) mass is 1010 g/mol. The highest BCUT2D eigenvalue weighted by Crippen LogP contribution is 2.41. The van der Waals surface area contributed by atoms with Crippen molar-refractivity contribution in [2.45, 2.75) is 0 Å². The van der Waals surface area contributed by atoms with Gasteiger partial charge in [-0.25, -0.2) is 19.8 Å². The van der Waals surface area contributed by atoms with Crippen molar-refractivity contribution in [1.29, 1.82) is 5.26 Å². The van der Waals surface area contributed by atoms with E-state index >= 15 is 0 Å². The average Bonchev–Trinajstić information content (AvgIpc) is 3.88. The van der Waals surface area contributed by atoms with Crippen molar-refractivity contribution in [3.63, 3.8) is 0 Å². The normalized spacial score (nSPS) is 11.3. The zero-order valence-corrected chi connectivity index (χ0v) is 43.2. The summed E-state index contributed by atoms with van der Waals surface area (Å²) in [6.07, 6.45) is 0. The summed E-state index contributed by atoms with van der Waals surface area (Å²) in [5.41, 5.74) is 12.9. The van der Waals surface area contributed by atoms with Crippen LogP contribution in [0.3, 0.4) is 0 Å². The fourth-order valence-corrected chi connectivity index (χ4v) is 15.9. The summed E-state index contributed by atoms with van der Waals surface area (Å²) in [5.74, 6) is 1.70. The minimum absolute atomic E-state index is 0.544. The van der Waals surface area contributed by atoms with Crippen molar-refractivity contribution in [1.82, 2.24) is 19.5 Å². The van der Waals surface area contributed by atoms with Gasteiger partial charge in [0.25, 0.3) is 0 Å². The molecule has 7 heteroatoms. The van der Waals surface area contributed by atoms with Gasteiger partial charge >= 0.3 is 0 Å². The molecule has 0 atom stereocenters. The lowest BCUT2D eigenvalue weighted by atomic mass is 9.99. The highest BCUT2D eigenvalue weighted by Gasteiger charge is 2.41. The van der Waals surface area contributed by atoms with Crippen molar-refractivity contribution in [2.24, 2.45) is 0 Å². The van der Waals surface area contributed by atoms with Crippen molar-refractivity contribution >= 4 is 56.3 Å². The molecule has 6 nitrogen and oxygen atoms in total. The molecule has 0 spiro atoms. The van der Waals surface area contributed by atoms with Gasteiger partial charge in [-0.1, -0.05) is 231 Å². The van der Waals surface area contributed by atoms with Crippen LogP contribution in [-0.2, 0) is 0 Å². The van der Waals surface area contributed by atoms with E-state index in [0.717, 1.165) is 77.6 Å². The molecular formula is C71H46N6Si. The maximum absolute atomic E-state index is 9.68. The van der Waals surface area contributed by atoms with Crippen LogP contribution in [0.2, 0.25) is 0 Å².